The number of aliphatic hydroxyl groups is 2. The van der Waals surface area contributed by atoms with Crippen molar-refractivity contribution in [2.45, 2.75) is 38.3 Å². The highest BCUT2D eigenvalue weighted by atomic mass is 35.5. The van der Waals surface area contributed by atoms with Crippen LogP contribution in [0.4, 0.5) is 0 Å². The van der Waals surface area contributed by atoms with Crippen LogP contribution in [0.5, 0.6) is 5.75 Å². The van der Waals surface area contributed by atoms with E-state index in [0.29, 0.717) is 24.7 Å². The second-order valence-electron chi connectivity index (χ2n) is 6.89. The predicted molar refractivity (Wildman–Crippen MR) is 101 cm³/mol. The fraction of sp³-hybridized carbons (Fsp3) is 0.684. The smallest absolute Gasteiger partial charge is 0.124 e. The number of benzene rings is 1. The lowest BCUT2D eigenvalue weighted by atomic mass is 10.2. The normalized spacial score (nSPS) is 17.5. The van der Waals surface area contributed by atoms with Crippen LogP contribution in [0.1, 0.15) is 31.2 Å². The molecule has 0 bridgehead atoms. The lowest BCUT2D eigenvalue weighted by Gasteiger charge is -2.24. The fourth-order valence-corrected chi connectivity index (χ4v) is 3.40. The van der Waals surface area contributed by atoms with E-state index in [1.807, 2.05) is 24.1 Å². The molecule has 0 radical (unpaired) electrons. The summed E-state index contributed by atoms with van der Waals surface area (Å²) in [5.74, 6) is 0.740. The van der Waals surface area contributed by atoms with Gasteiger partial charge in [0.25, 0.3) is 0 Å². The van der Waals surface area contributed by atoms with Gasteiger partial charge < -0.3 is 19.8 Å². The van der Waals surface area contributed by atoms with Gasteiger partial charge in [-0.15, -0.1) is 0 Å². The fourth-order valence-electron chi connectivity index (χ4n) is 3.21. The van der Waals surface area contributed by atoms with E-state index in [2.05, 4.69) is 4.90 Å². The molecule has 1 saturated heterocycles. The van der Waals surface area contributed by atoms with E-state index in [-0.39, 0.29) is 13.2 Å². The molecule has 0 saturated carbocycles. The summed E-state index contributed by atoms with van der Waals surface area (Å²) in [5.41, 5.74) is 0.963. The number of halogens is 1. The molecule has 0 amide bonds. The highest BCUT2D eigenvalue weighted by Gasteiger charge is 2.15. The minimum atomic E-state index is -0.503. The quantitative estimate of drug-likeness (QED) is 0.699. The molecule has 1 aromatic carbocycles. The SMILES string of the molecule is CN(CCO)Cc1cc(Cl)ccc1OC[C@@H](O)CN1CCCCCC1. The molecular weight excluding hydrogens is 340 g/mol. The monoisotopic (exact) mass is 370 g/mol. The third-order valence-corrected chi connectivity index (χ3v) is 4.78. The second kappa shape index (κ2) is 11.0. The van der Waals surface area contributed by atoms with Crippen molar-refractivity contribution < 1.29 is 14.9 Å². The standard InChI is InChI=1S/C19H31ClN2O3/c1-21(10-11-23)13-16-12-17(20)6-7-19(16)25-15-18(24)14-22-8-4-2-3-5-9-22/h6-7,12,18,23-24H,2-5,8-11,13-15H2,1H3/t18-/m0/s1. The number of likely N-dealkylation sites (N-methyl/N-ethyl adjacent to an activating group) is 1. The van der Waals surface area contributed by atoms with Crippen molar-refractivity contribution in [2.75, 3.05) is 46.4 Å². The molecule has 2 rings (SSSR count). The molecule has 2 N–H and O–H groups in total. The number of nitrogens with zero attached hydrogens (tertiary/aromatic N) is 2. The maximum absolute atomic E-state index is 10.3. The van der Waals surface area contributed by atoms with E-state index in [1.54, 1.807) is 6.07 Å². The van der Waals surface area contributed by atoms with Crippen LogP contribution in [-0.2, 0) is 6.54 Å². The molecule has 0 aliphatic carbocycles. The molecule has 1 aliphatic heterocycles. The van der Waals surface area contributed by atoms with E-state index in [0.717, 1.165) is 24.4 Å². The third-order valence-electron chi connectivity index (χ3n) is 4.54. The second-order valence-corrected chi connectivity index (χ2v) is 7.33. The van der Waals surface area contributed by atoms with Gasteiger partial charge in [0.1, 0.15) is 18.5 Å². The van der Waals surface area contributed by atoms with Crippen molar-refractivity contribution in [2.24, 2.45) is 0 Å². The molecular formula is C19H31ClN2O3. The molecule has 1 atom stereocenters. The van der Waals surface area contributed by atoms with Crippen LogP contribution in [0.15, 0.2) is 18.2 Å². The minimum absolute atomic E-state index is 0.113. The van der Waals surface area contributed by atoms with E-state index in [9.17, 15) is 5.11 Å². The highest BCUT2D eigenvalue weighted by molar-refractivity contribution is 6.30. The molecule has 1 aliphatic rings. The first-order valence-electron chi connectivity index (χ1n) is 9.19. The van der Waals surface area contributed by atoms with E-state index in [1.165, 1.54) is 25.7 Å². The summed E-state index contributed by atoms with van der Waals surface area (Å²) in [5, 5.41) is 20.0. The number of likely N-dealkylation sites (tertiary alicyclic amines) is 1. The van der Waals surface area contributed by atoms with Crippen LogP contribution in [0.2, 0.25) is 5.02 Å². The Morgan fingerprint density at radius 3 is 2.64 bits per heavy atom. The van der Waals surface area contributed by atoms with Crippen LogP contribution in [0, 0.1) is 0 Å². The summed E-state index contributed by atoms with van der Waals surface area (Å²) >= 11 is 6.10. The first kappa shape index (κ1) is 20.5. The Kier molecular flexibility index (Phi) is 8.99. The average Bonchev–Trinajstić information content (AvgIpc) is 2.83. The summed E-state index contributed by atoms with van der Waals surface area (Å²) < 4.78 is 5.88. The third kappa shape index (κ3) is 7.50. The van der Waals surface area contributed by atoms with Gasteiger partial charge in [0.15, 0.2) is 0 Å². The first-order valence-corrected chi connectivity index (χ1v) is 9.57. The van der Waals surface area contributed by atoms with Crippen LogP contribution in [-0.4, -0.2) is 72.6 Å². The molecule has 1 fully saturated rings. The lowest BCUT2D eigenvalue weighted by molar-refractivity contribution is 0.0687. The molecule has 1 aromatic rings. The van der Waals surface area contributed by atoms with Crippen molar-refractivity contribution in [1.82, 2.24) is 9.80 Å². The zero-order valence-corrected chi connectivity index (χ0v) is 15.9. The zero-order valence-electron chi connectivity index (χ0n) is 15.2. The van der Waals surface area contributed by atoms with Gasteiger partial charge in [-0.1, -0.05) is 24.4 Å². The predicted octanol–water partition coefficient (Wildman–Crippen LogP) is 2.38. The number of β-amino-alcohol motifs (C(OH)–C–C–N with tert-alkyl or cyclic N) is 1. The van der Waals surface area contributed by atoms with Crippen LogP contribution >= 0.6 is 11.6 Å². The number of hydrogen-bond donors (Lipinski definition) is 2. The Hall–Kier alpha value is -0.850. The van der Waals surface area contributed by atoms with Gasteiger partial charge in [0, 0.05) is 30.2 Å². The number of ether oxygens (including phenoxy) is 1. The van der Waals surface area contributed by atoms with E-state index >= 15 is 0 Å². The van der Waals surface area contributed by atoms with Crippen molar-refractivity contribution >= 4 is 11.6 Å². The van der Waals surface area contributed by atoms with Gasteiger partial charge >= 0.3 is 0 Å². The van der Waals surface area contributed by atoms with Gasteiger partial charge in [-0.25, -0.2) is 0 Å². The summed E-state index contributed by atoms with van der Waals surface area (Å²) in [6, 6.07) is 5.53. The van der Waals surface area contributed by atoms with Crippen molar-refractivity contribution in [3.05, 3.63) is 28.8 Å². The van der Waals surface area contributed by atoms with Crippen LogP contribution in [0.3, 0.4) is 0 Å². The van der Waals surface area contributed by atoms with Crippen LogP contribution < -0.4 is 4.74 Å². The van der Waals surface area contributed by atoms with E-state index < -0.39 is 6.10 Å². The topological polar surface area (TPSA) is 56.2 Å². The summed E-state index contributed by atoms with van der Waals surface area (Å²) in [6.07, 6.45) is 4.51. The molecule has 6 heteroatoms. The number of rotatable bonds is 9. The lowest BCUT2D eigenvalue weighted by Crippen LogP contribution is -2.36. The van der Waals surface area contributed by atoms with Gasteiger partial charge in [0.2, 0.25) is 0 Å². The van der Waals surface area contributed by atoms with E-state index in [4.69, 9.17) is 21.4 Å². The number of aliphatic hydroxyl groups excluding tert-OH is 2. The van der Waals surface area contributed by atoms with Crippen molar-refractivity contribution in [3.63, 3.8) is 0 Å². The van der Waals surface area contributed by atoms with Gasteiger partial charge in [-0.05, 0) is 51.2 Å². The molecule has 142 valence electrons. The zero-order chi connectivity index (χ0) is 18.1. The summed E-state index contributed by atoms with van der Waals surface area (Å²) in [7, 11) is 1.94. The Balaban J connectivity index is 1.88. The molecule has 1 heterocycles. The summed E-state index contributed by atoms with van der Waals surface area (Å²) in [6.45, 7) is 4.40. The Morgan fingerprint density at radius 2 is 1.96 bits per heavy atom. The van der Waals surface area contributed by atoms with Gasteiger partial charge in [0.05, 0.1) is 6.61 Å². The molecule has 0 unspecified atom stereocenters. The maximum atomic E-state index is 10.3. The molecule has 0 spiro atoms. The van der Waals surface area contributed by atoms with Crippen molar-refractivity contribution in [3.8, 4) is 5.75 Å². The molecule has 5 nitrogen and oxygen atoms in total. The van der Waals surface area contributed by atoms with Gasteiger partial charge in [-0.3, -0.25) is 4.90 Å². The Morgan fingerprint density at radius 1 is 1.24 bits per heavy atom. The molecule has 25 heavy (non-hydrogen) atoms. The average molecular weight is 371 g/mol. The number of hydrogen-bond acceptors (Lipinski definition) is 5. The van der Waals surface area contributed by atoms with Crippen molar-refractivity contribution in [1.29, 1.82) is 0 Å². The van der Waals surface area contributed by atoms with Gasteiger partial charge in [-0.2, -0.15) is 0 Å². The molecule has 0 aromatic heterocycles. The highest BCUT2D eigenvalue weighted by Crippen LogP contribution is 2.24. The Labute approximate surface area is 156 Å². The minimum Gasteiger partial charge on any atom is -0.491 e. The van der Waals surface area contributed by atoms with Crippen LogP contribution in [0.25, 0.3) is 0 Å². The first-order chi connectivity index (χ1) is 12.1. The maximum Gasteiger partial charge on any atom is 0.124 e. The largest absolute Gasteiger partial charge is 0.491 e. The Bertz CT molecular complexity index is 507. The summed E-state index contributed by atoms with van der Waals surface area (Å²) in [4.78, 5) is 4.34.